The summed E-state index contributed by atoms with van der Waals surface area (Å²) in [4.78, 5) is 4.88. The number of rotatable bonds is 7. The summed E-state index contributed by atoms with van der Waals surface area (Å²) in [6.45, 7) is 6.45. The number of morpholine rings is 1. The SMILES string of the molecule is Clc1ccc(CN(CCN2CCOCC2)c2cn(C3CC4CC5CCC3C(C5)C4)nn2)cc1. The fraction of sp³-hybridized carbons (Fsp3) is 0.692. The fourth-order valence-electron chi connectivity index (χ4n) is 7.13. The molecule has 4 aliphatic rings. The number of hydrogen-bond acceptors (Lipinski definition) is 5. The summed E-state index contributed by atoms with van der Waals surface area (Å²) in [6, 6.07) is 8.73. The minimum absolute atomic E-state index is 0.535. The van der Waals surface area contributed by atoms with Gasteiger partial charge in [0.15, 0.2) is 5.82 Å². The molecule has 4 fully saturated rings. The number of ether oxygens (including phenoxy) is 1. The van der Waals surface area contributed by atoms with E-state index < -0.39 is 0 Å². The Bertz CT molecular complexity index is 921. The standard InChI is InChI=1S/C26H36ClN5O/c27-23-4-1-19(2-5-23)17-31(8-7-30-9-11-33-12-10-30)26-18-32(29-28-26)25-16-21-13-20-3-6-24(25)22(14-20)15-21/h1-2,4-5,18,20-22,24-25H,3,6-17H2. The third-order valence-corrected chi connectivity index (χ3v) is 9.01. The first-order chi connectivity index (χ1) is 16.2. The molecule has 5 atom stereocenters. The topological polar surface area (TPSA) is 46.4 Å². The molecular formula is C26H36ClN5O. The zero-order chi connectivity index (χ0) is 22.2. The molecule has 0 amide bonds. The molecular weight excluding hydrogens is 434 g/mol. The van der Waals surface area contributed by atoms with Gasteiger partial charge < -0.3 is 9.64 Å². The molecule has 0 spiro atoms. The molecule has 7 heteroatoms. The summed E-state index contributed by atoms with van der Waals surface area (Å²) in [7, 11) is 0. The van der Waals surface area contributed by atoms with Crippen molar-refractivity contribution in [3.05, 3.63) is 41.0 Å². The molecule has 3 bridgehead atoms. The maximum Gasteiger partial charge on any atom is 0.171 e. The quantitative estimate of drug-likeness (QED) is 0.590. The van der Waals surface area contributed by atoms with Gasteiger partial charge >= 0.3 is 0 Å². The predicted molar refractivity (Wildman–Crippen MR) is 130 cm³/mol. The van der Waals surface area contributed by atoms with Crippen LogP contribution in [0.25, 0.3) is 0 Å². The number of benzene rings is 1. The molecule has 2 heterocycles. The molecule has 33 heavy (non-hydrogen) atoms. The van der Waals surface area contributed by atoms with Crippen LogP contribution in [0.15, 0.2) is 30.5 Å². The van der Waals surface area contributed by atoms with E-state index in [9.17, 15) is 0 Å². The first kappa shape index (κ1) is 21.9. The molecule has 0 radical (unpaired) electrons. The number of fused-ring (bicyclic) bond motifs is 2. The number of aromatic nitrogens is 3. The second-order valence-corrected chi connectivity index (χ2v) is 11.2. The van der Waals surface area contributed by atoms with Gasteiger partial charge in [0.05, 0.1) is 25.5 Å². The van der Waals surface area contributed by atoms with Crippen LogP contribution in [0.1, 0.15) is 50.1 Å². The largest absolute Gasteiger partial charge is 0.379 e. The Kier molecular flexibility index (Phi) is 6.33. The van der Waals surface area contributed by atoms with Crippen LogP contribution in [0.4, 0.5) is 5.82 Å². The van der Waals surface area contributed by atoms with Gasteiger partial charge in [0, 0.05) is 37.7 Å². The second kappa shape index (κ2) is 9.55. The van der Waals surface area contributed by atoms with E-state index in [1.54, 1.807) is 0 Å². The molecule has 1 aliphatic heterocycles. The van der Waals surface area contributed by atoms with Gasteiger partial charge in [0.1, 0.15) is 0 Å². The average molecular weight is 470 g/mol. The van der Waals surface area contributed by atoms with Crippen molar-refractivity contribution in [2.24, 2.45) is 23.7 Å². The van der Waals surface area contributed by atoms with Gasteiger partial charge in [-0.05, 0) is 73.5 Å². The molecule has 6 nitrogen and oxygen atoms in total. The van der Waals surface area contributed by atoms with E-state index in [0.29, 0.717) is 6.04 Å². The van der Waals surface area contributed by atoms with Crippen molar-refractivity contribution < 1.29 is 4.74 Å². The number of anilines is 1. The third kappa shape index (κ3) is 4.80. The Morgan fingerprint density at radius 3 is 2.67 bits per heavy atom. The minimum atomic E-state index is 0.535. The monoisotopic (exact) mass is 469 g/mol. The summed E-state index contributed by atoms with van der Waals surface area (Å²) >= 11 is 6.13. The van der Waals surface area contributed by atoms with Crippen LogP contribution in [-0.2, 0) is 11.3 Å². The van der Waals surface area contributed by atoms with Crippen LogP contribution in [-0.4, -0.2) is 59.3 Å². The number of halogens is 1. The lowest BCUT2D eigenvalue weighted by Gasteiger charge is -2.51. The van der Waals surface area contributed by atoms with E-state index >= 15 is 0 Å². The Labute approximate surface area is 202 Å². The molecule has 1 saturated heterocycles. The predicted octanol–water partition coefficient (Wildman–Crippen LogP) is 4.66. The molecule has 178 valence electrons. The molecule has 3 saturated carbocycles. The van der Waals surface area contributed by atoms with Gasteiger partial charge in [-0.1, -0.05) is 35.4 Å². The molecule has 0 N–H and O–H groups in total. The highest BCUT2D eigenvalue weighted by Gasteiger charge is 2.46. The van der Waals surface area contributed by atoms with Crippen molar-refractivity contribution in [3.63, 3.8) is 0 Å². The number of nitrogens with zero attached hydrogens (tertiary/aromatic N) is 5. The van der Waals surface area contributed by atoms with Gasteiger partial charge in [-0.25, -0.2) is 4.68 Å². The summed E-state index contributed by atoms with van der Waals surface area (Å²) < 4.78 is 7.77. The maximum atomic E-state index is 6.13. The Morgan fingerprint density at radius 2 is 1.82 bits per heavy atom. The highest BCUT2D eigenvalue weighted by atomic mass is 35.5. The first-order valence-corrected chi connectivity index (χ1v) is 13.3. The molecule has 6 rings (SSSR count). The summed E-state index contributed by atoms with van der Waals surface area (Å²) in [5, 5.41) is 10.2. The van der Waals surface area contributed by atoms with Crippen molar-refractivity contribution in [1.29, 1.82) is 0 Å². The third-order valence-electron chi connectivity index (χ3n) is 8.76. The van der Waals surface area contributed by atoms with E-state index in [4.69, 9.17) is 26.6 Å². The normalized spacial score (nSPS) is 31.6. The van der Waals surface area contributed by atoms with E-state index in [-0.39, 0.29) is 0 Å². The van der Waals surface area contributed by atoms with Crippen molar-refractivity contribution in [3.8, 4) is 0 Å². The Hall–Kier alpha value is -1.63. The summed E-state index contributed by atoms with van der Waals surface area (Å²) in [5.41, 5.74) is 1.25. The number of hydrogen-bond donors (Lipinski definition) is 0. The van der Waals surface area contributed by atoms with Crippen LogP contribution in [0.2, 0.25) is 5.02 Å². The van der Waals surface area contributed by atoms with Gasteiger partial charge in [-0.2, -0.15) is 0 Å². The van der Waals surface area contributed by atoms with E-state index in [2.05, 4.69) is 32.8 Å². The fourth-order valence-corrected chi connectivity index (χ4v) is 7.26. The highest BCUT2D eigenvalue weighted by molar-refractivity contribution is 6.30. The molecule has 2 aromatic rings. The van der Waals surface area contributed by atoms with Crippen LogP contribution in [0.5, 0.6) is 0 Å². The van der Waals surface area contributed by atoms with Gasteiger partial charge in [0.25, 0.3) is 0 Å². The van der Waals surface area contributed by atoms with Crippen molar-refractivity contribution in [1.82, 2.24) is 19.9 Å². The van der Waals surface area contributed by atoms with E-state index in [1.165, 1.54) is 44.1 Å². The highest BCUT2D eigenvalue weighted by Crippen LogP contribution is 2.55. The lowest BCUT2D eigenvalue weighted by Crippen LogP contribution is -2.43. The molecule has 1 aromatic carbocycles. The zero-order valence-corrected chi connectivity index (χ0v) is 20.2. The van der Waals surface area contributed by atoms with Crippen LogP contribution in [0.3, 0.4) is 0 Å². The molecule has 5 unspecified atom stereocenters. The molecule has 1 aromatic heterocycles. The lowest BCUT2D eigenvalue weighted by atomic mass is 9.56. The van der Waals surface area contributed by atoms with E-state index in [0.717, 1.165) is 80.4 Å². The maximum absolute atomic E-state index is 6.13. The van der Waals surface area contributed by atoms with Gasteiger partial charge in [0.2, 0.25) is 0 Å². The Morgan fingerprint density at radius 1 is 1.00 bits per heavy atom. The van der Waals surface area contributed by atoms with Crippen LogP contribution < -0.4 is 4.90 Å². The van der Waals surface area contributed by atoms with E-state index in [1.807, 2.05) is 12.1 Å². The smallest absolute Gasteiger partial charge is 0.171 e. The second-order valence-electron chi connectivity index (χ2n) is 10.8. The van der Waals surface area contributed by atoms with Crippen LogP contribution in [0, 0.1) is 23.7 Å². The van der Waals surface area contributed by atoms with Crippen molar-refractivity contribution in [2.75, 3.05) is 44.3 Å². The minimum Gasteiger partial charge on any atom is -0.379 e. The zero-order valence-electron chi connectivity index (χ0n) is 19.5. The average Bonchev–Trinajstić information content (AvgIpc) is 3.32. The van der Waals surface area contributed by atoms with Crippen molar-refractivity contribution in [2.45, 2.75) is 51.1 Å². The first-order valence-electron chi connectivity index (χ1n) is 12.9. The molecule has 3 aliphatic carbocycles. The van der Waals surface area contributed by atoms with Crippen molar-refractivity contribution >= 4 is 17.4 Å². The lowest BCUT2D eigenvalue weighted by molar-refractivity contribution is -0.00976. The summed E-state index contributed by atoms with van der Waals surface area (Å²) in [6.07, 6.45) is 10.7. The van der Waals surface area contributed by atoms with Crippen LogP contribution >= 0.6 is 11.6 Å². The van der Waals surface area contributed by atoms with Gasteiger partial charge in [-0.15, -0.1) is 5.10 Å². The summed E-state index contributed by atoms with van der Waals surface area (Å²) in [5.74, 6) is 4.62. The Balaban J connectivity index is 1.20. The van der Waals surface area contributed by atoms with Gasteiger partial charge in [-0.3, -0.25) is 4.90 Å².